The van der Waals surface area contributed by atoms with Crippen LogP contribution in [0.15, 0.2) is 54.4 Å². The van der Waals surface area contributed by atoms with Crippen LogP contribution < -0.4 is 0 Å². The van der Waals surface area contributed by atoms with Gasteiger partial charge in [0.15, 0.2) is 5.78 Å². The van der Waals surface area contributed by atoms with Gasteiger partial charge in [-0.3, -0.25) is 4.79 Å². The number of hydrogen-bond donors (Lipinski definition) is 1. The van der Waals surface area contributed by atoms with E-state index < -0.39 is 5.41 Å². The standard InChI is InChI=1S/C17H13FN.C11H20O2.CH4.Ir/c1-11-7-12(2)9-14(8-11)17-16-4-3-15(18)10-13(16)5-6-19-17;1-10(2,3)8(12)7-9(13)11(4,5)6;;/h3-8,10H,1-2H3;7,12H,1-6H3;1H4;/q-1;;;. The summed E-state index contributed by atoms with van der Waals surface area (Å²) < 4.78 is 13.3. The van der Waals surface area contributed by atoms with Gasteiger partial charge >= 0.3 is 0 Å². The van der Waals surface area contributed by atoms with Crippen molar-refractivity contribution < 1.29 is 34.4 Å². The van der Waals surface area contributed by atoms with E-state index >= 15 is 0 Å². The van der Waals surface area contributed by atoms with E-state index in [9.17, 15) is 14.3 Å². The summed E-state index contributed by atoms with van der Waals surface area (Å²) in [4.78, 5) is 15.9. The second-order valence-electron chi connectivity index (χ2n) is 10.2. The molecular formula is C29H37FIrNO2-. The molecule has 0 bridgehead atoms. The third kappa shape index (κ3) is 8.77. The molecule has 1 heterocycles. The molecule has 1 aromatic heterocycles. The first-order valence-corrected chi connectivity index (χ1v) is 10.7. The largest absolute Gasteiger partial charge is 0.512 e. The number of aliphatic hydroxyl groups excluding tert-OH is 1. The summed E-state index contributed by atoms with van der Waals surface area (Å²) in [5, 5.41) is 11.4. The number of aromatic nitrogens is 1. The normalized spacial score (nSPS) is 11.6. The van der Waals surface area contributed by atoms with Crippen molar-refractivity contribution in [1.29, 1.82) is 0 Å². The van der Waals surface area contributed by atoms with Crippen LogP contribution in [0.3, 0.4) is 0 Å². The Morgan fingerprint density at radius 1 is 1.00 bits per heavy atom. The van der Waals surface area contributed by atoms with Gasteiger partial charge in [-0.1, -0.05) is 68.9 Å². The third-order valence-corrected chi connectivity index (χ3v) is 4.91. The number of aliphatic hydroxyl groups is 1. The number of carbonyl (C=O) groups excluding carboxylic acids is 1. The third-order valence-electron chi connectivity index (χ3n) is 4.91. The van der Waals surface area contributed by atoms with Gasteiger partial charge in [0.2, 0.25) is 0 Å². The van der Waals surface area contributed by atoms with Crippen LogP contribution in [0.2, 0.25) is 0 Å². The molecule has 3 rings (SSSR count). The molecule has 0 fully saturated rings. The molecule has 0 spiro atoms. The summed E-state index contributed by atoms with van der Waals surface area (Å²) >= 11 is 0. The average Bonchev–Trinajstić information content (AvgIpc) is 2.65. The zero-order valence-corrected chi connectivity index (χ0v) is 23.0. The molecule has 34 heavy (non-hydrogen) atoms. The van der Waals surface area contributed by atoms with Crippen LogP contribution in [0.1, 0.15) is 60.1 Å². The maximum absolute atomic E-state index is 13.3. The Labute approximate surface area is 217 Å². The van der Waals surface area contributed by atoms with Crippen molar-refractivity contribution in [3.8, 4) is 11.3 Å². The number of rotatable bonds is 2. The molecule has 5 heteroatoms. The molecule has 187 valence electrons. The fourth-order valence-electron chi connectivity index (χ4n) is 2.94. The zero-order valence-electron chi connectivity index (χ0n) is 20.6. The first-order chi connectivity index (χ1) is 14.7. The number of pyridine rings is 1. The van der Waals surface area contributed by atoms with Gasteiger partial charge in [0, 0.05) is 43.2 Å². The summed E-state index contributed by atoms with van der Waals surface area (Å²) in [6.07, 6.45) is 3.04. The van der Waals surface area contributed by atoms with Gasteiger partial charge in [-0.15, -0.1) is 34.9 Å². The molecule has 0 amide bonds. The minimum Gasteiger partial charge on any atom is -0.512 e. The average molecular weight is 643 g/mol. The number of halogens is 1. The smallest absolute Gasteiger partial charge is 0.164 e. The van der Waals surface area contributed by atoms with Crippen molar-refractivity contribution in [1.82, 2.24) is 4.98 Å². The molecule has 3 nitrogen and oxygen atoms in total. The first-order valence-electron chi connectivity index (χ1n) is 10.7. The SMILES string of the molecule is C.CC(C)(C)C(=O)C=C(O)C(C)(C)C.Cc1[c-]c(-c2nccc3cc(F)ccc23)cc(C)c1.[Ir]. The van der Waals surface area contributed by atoms with Crippen molar-refractivity contribution in [2.75, 3.05) is 0 Å². The van der Waals surface area contributed by atoms with Gasteiger partial charge < -0.3 is 10.1 Å². The van der Waals surface area contributed by atoms with E-state index in [1.807, 2.05) is 54.5 Å². The van der Waals surface area contributed by atoms with Crippen molar-refractivity contribution in [2.24, 2.45) is 10.8 Å². The van der Waals surface area contributed by atoms with Crippen molar-refractivity contribution in [3.63, 3.8) is 0 Å². The minimum atomic E-state index is -0.417. The van der Waals surface area contributed by atoms with Crippen LogP contribution in [0.25, 0.3) is 22.0 Å². The van der Waals surface area contributed by atoms with Gasteiger partial charge in [0.25, 0.3) is 0 Å². The molecular weight excluding hydrogens is 606 g/mol. The summed E-state index contributed by atoms with van der Waals surface area (Å²) in [6, 6.07) is 14.0. The predicted octanol–water partition coefficient (Wildman–Crippen LogP) is 8.18. The summed E-state index contributed by atoms with van der Waals surface area (Å²) in [5.41, 5.74) is 3.29. The van der Waals surface area contributed by atoms with Gasteiger partial charge in [0.1, 0.15) is 11.6 Å². The molecule has 2 aromatic carbocycles. The van der Waals surface area contributed by atoms with E-state index in [1.54, 1.807) is 12.3 Å². The molecule has 0 atom stereocenters. The molecule has 0 aliphatic carbocycles. The van der Waals surface area contributed by atoms with E-state index in [4.69, 9.17) is 0 Å². The molecule has 0 saturated carbocycles. The number of allylic oxidation sites excluding steroid dienone is 2. The first kappa shape index (κ1) is 31.6. The molecule has 3 aromatic rings. The molecule has 0 saturated heterocycles. The van der Waals surface area contributed by atoms with Crippen molar-refractivity contribution in [3.05, 3.63) is 77.4 Å². The van der Waals surface area contributed by atoms with Crippen LogP contribution in [0.4, 0.5) is 4.39 Å². The number of ketones is 1. The molecule has 0 aliphatic heterocycles. The topological polar surface area (TPSA) is 50.2 Å². The number of nitrogens with zero attached hydrogens (tertiary/aromatic N) is 1. The number of hydrogen-bond acceptors (Lipinski definition) is 3. The van der Waals surface area contributed by atoms with Crippen LogP contribution in [0, 0.1) is 36.6 Å². The summed E-state index contributed by atoms with van der Waals surface area (Å²) in [6.45, 7) is 15.2. The Morgan fingerprint density at radius 2 is 1.62 bits per heavy atom. The van der Waals surface area contributed by atoms with E-state index in [2.05, 4.69) is 30.1 Å². The number of aryl methyl sites for hydroxylation is 2. The number of benzene rings is 2. The quantitative estimate of drug-likeness (QED) is 0.174. The zero-order chi connectivity index (χ0) is 24.3. The van der Waals surface area contributed by atoms with Crippen LogP contribution in [0.5, 0.6) is 0 Å². The molecule has 1 radical (unpaired) electrons. The Bertz CT molecular complexity index is 1130. The second-order valence-corrected chi connectivity index (χ2v) is 10.2. The van der Waals surface area contributed by atoms with E-state index in [1.165, 1.54) is 23.8 Å². The summed E-state index contributed by atoms with van der Waals surface area (Å²) in [5.74, 6) is -0.124. The second kappa shape index (κ2) is 12.4. The van der Waals surface area contributed by atoms with Gasteiger partial charge in [-0.05, 0) is 34.7 Å². The number of carbonyl (C=O) groups is 1. The predicted molar refractivity (Wildman–Crippen MR) is 137 cm³/mol. The maximum atomic E-state index is 13.3. The Kier molecular flexibility index (Phi) is 11.5. The van der Waals surface area contributed by atoms with E-state index in [0.717, 1.165) is 27.6 Å². The molecule has 0 unspecified atom stereocenters. The molecule has 1 N–H and O–H groups in total. The maximum Gasteiger partial charge on any atom is 0.164 e. The van der Waals surface area contributed by atoms with Crippen molar-refractivity contribution >= 4 is 16.6 Å². The molecule has 0 aliphatic rings. The number of fused-ring (bicyclic) bond motifs is 1. The van der Waals surface area contributed by atoms with Gasteiger partial charge in [-0.25, -0.2) is 4.39 Å². The Morgan fingerprint density at radius 3 is 2.15 bits per heavy atom. The fourth-order valence-corrected chi connectivity index (χ4v) is 2.94. The Balaban J connectivity index is 0.000000651. The Hall–Kier alpha value is -2.36. The van der Waals surface area contributed by atoms with E-state index in [0.29, 0.717) is 0 Å². The van der Waals surface area contributed by atoms with Crippen LogP contribution >= 0.6 is 0 Å². The van der Waals surface area contributed by atoms with E-state index in [-0.39, 0.29) is 50.3 Å². The van der Waals surface area contributed by atoms with Gasteiger partial charge in [0.05, 0.1) is 0 Å². The van der Waals surface area contributed by atoms with Gasteiger partial charge in [-0.2, -0.15) is 0 Å². The van der Waals surface area contributed by atoms with Crippen molar-refractivity contribution in [2.45, 2.75) is 62.8 Å². The van der Waals surface area contributed by atoms with Crippen LogP contribution in [-0.4, -0.2) is 15.9 Å². The fraction of sp³-hybridized carbons (Fsp3) is 0.379. The minimum absolute atomic E-state index is 0. The van der Waals surface area contributed by atoms with Crippen LogP contribution in [-0.2, 0) is 24.9 Å². The summed E-state index contributed by atoms with van der Waals surface area (Å²) in [7, 11) is 0. The monoisotopic (exact) mass is 643 g/mol.